The van der Waals surface area contributed by atoms with E-state index in [0.29, 0.717) is 0 Å². The lowest BCUT2D eigenvalue weighted by Crippen LogP contribution is -2.09. The summed E-state index contributed by atoms with van der Waals surface area (Å²) in [6.45, 7) is 3.25. The van der Waals surface area contributed by atoms with Crippen molar-refractivity contribution < 1.29 is 17.6 Å². The Balaban J connectivity index is 3.17. The van der Waals surface area contributed by atoms with Gasteiger partial charge in [-0.05, 0) is 0 Å². The highest BCUT2D eigenvalue weighted by Gasteiger charge is 2.19. The van der Waals surface area contributed by atoms with Gasteiger partial charge in [0.05, 0.1) is 0 Å². The van der Waals surface area contributed by atoms with Crippen LogP contribution in [0.15, 0.2) is 12.7 Å². The molecule has 0 aliphatic rings. The summed E-state index contributed by atoms with van der Waals surface area (Å²) in [7, 11) is 0. The molecule has 0 amide bonds. The van der Waals surface area contributed by atoms with E-state index >= 15 is 0 Å². The van der Waals surface area contributed by atoms with Gasteiger partial charge in [0.1, 0.15) is 5.69 Å². The van der Waals surface area contributed by atoms with Crippen molar-refractivity contribution in [2.75, 3.05) is 11.9 Å². The van der Waals surface area contributed by atoms with E-state index in [4.69, 9.17) is 0 Å². The van der Waals surface area contributed by atoms with Crippen LogP contribution in [0.5, 0.6) is 0 Å². The molecule has 14 heavy (non-hydrogen) atoms. The van der Waals surface area contributed by atoms with Gasteiger partial charge in [-0.3, -0.25) is 0 Å². The van der Waals surface area contributed by atoms with Gasteiger partial charge in [0.25, 0.3) is 11.9 Å². The lowest BCUT2D eigenvalue weighted by Gasteiger charge is -2.06. The van der Waals surface area contributed by atoms with E-state index < -0.39 is 29.2 Å². The van der Waals surface area contributed by atoms with E-state index in [-0.39, 0.29) is 6.54 Å². The van der Waals surface area contributed by atoms with Crippen molar-refractivity contribution in [3.8, 4) is 0 Å². The monoisotopic (exact) mass is 206 g/mol. The van der Waals surface area contributed by atoms with E-state index in [9.17, 15) is 17.6 Å². The van der Waals surface area contributed by atoms with E-state index in [2.05, 4.69) is 16.9 Å². The van der Waals surface area contributed by atoms with Crippen LogP contribution in [0.25, 0.3) is 0 Å². The van der Waals surface area contributed by atoms with Gasteiger partial charge in [0.2, 0.25) is 11.6 Å². The summed E-state index contributed by atoms with van der Waals surface area (Å²) in [4.78, 5) is 2.39. The molecule has 1 N–H and O–H groups in total. The summed E-state index contributed by atoms with van der Waals surface area (Å²) in [5.74, 6) is -6.47. The Kier molecular flexibility index (Phi) is 3.06. The maximum atomic E-state index is 12.8. The standard InChI is InChI=1S/C8H6F4N2/c1-2-3-13-6-4(9)7(11)14-8(12)5(6)10/h2H,1,3H2,(H,13,14). The summed E-state index contributed by atoms with van der Waals surface area (Å²) in [6, 6.07) is 0. The third kappa shape index (κ3) is 1.84. The number of aromatic nitrogens is 1. The normalized spacial score (nSPS) is 10.0. The predicted octanol–water partition coefficient (Wildman–Crippen LogP) is 2.24. The van der Waals surface area contributed by atoms with Crippen LogP contribution in [0.3, 0.4) is 0 Å². The number of anilines is 1. The molecule has 1 heterocycles. The van der Waals surface area contributed by atoms with Crippen molar-refractivity contribution in [3.63, 3.8) is 0 Å². The van der Waals surface area contributed by atoms with Crippen molar-refractivity contribution in [1.82, 2.24) is 4.98 Å². The van der Waals surface area contributed by atoms with E-state index in [1.807, 2.05) is 0 Å². The molecular formula is C8H6F4N2. The van der Waals surface area contributed by atoms with Crippen LogP contribution in [0.2, 0.25) is 0 Å². The topological polar surface area (TPSA) is 24.9 Å². The number of pyridine rings is 1. The van der Waals surface area contributed by atoms with Crippen molar-refractivity contribution in [3.05, 3.63) is 36.2 Å². The Morgan fingerprint density at radius 2 is 1.64 bits per heavy atom. The zero-order valence-electron chi connectivity index (χ0n) is 6.95. The lowest BCUT2D eigenvalue weighted by molar-refractivity contribution is 0.411. The molecule has 0 radical (unpaired) electrons. The van der Waals surface area contributed by atoms with Gasteiger partial charge in [0, 0.05) is 6.54 Å². The fourth-order valence-corrected chi connectivity index (χ4v) is 0.816. The van der Waals surface area contributed by atoms with Crippen LogP contribution in [0.4, 0.5) is 23.2 Å². The van der Waals surface area contributed by atoms with Crippen molar-refractivity contribution in [2.24, 2.45) is 0 Å². The molecule has 0 aliphatic heterocycles. The molecule has 0 aromatic carbocycles. The quantitative estimate of drug-likeness (QED) is 0.466. The van der Waals surface area contributed by atoms with Gasteiger partial charge >= 0.3 is 0 Å². The minimum absolute atomic E-state index is 0.0171. The van der Waals surface area contributed by atoms with Gasteiger partial charge < -0.3 is 5.32 Å². The van der Waals surface area contributed by atoms with Crippen LogP contribution < -0.4 is 5.32 Å². The third-order valence-electron chi connectivity index (χ3n) is 1.42. The first-order valence-corrected chi connectivity index (χ1v) is 3.62. The highest BCUT2D eigenvalue weighted by molar-refractivity contribution is 5.45. The summed E-state index contributed by atoms with van der Waals surface area (Å²) < 4.78 is 50.6. The maximum absolute atomic E-state index is 12.8. The third-order valence-corrected chi connectivity index (χ3v) is 1.42. The van der Waals surface area contributed by atoms with E-state index in [1.54, 1.807) is 0 Å². The molecule has 6 heteroatoms. The Morgan fingerprint density at radius 3 is 2.07 bits per heavy atom. The van der Waals surface area contributed by atoms with Gasteiger partial charge in [-0.1, -0.05) is 6.08 Å². The first-order chi connectivity index (χ1) is 6.57. The smallest absolute Gasteiger partial charge is 0.253 e. The lowest BCUT2D eigenvalue weighted by atomic mass is 10.3. The van der Waals surface area contributed by atoms with E-state index in [0.717, 1.165) is 0 Å². The molecule has 0 unspecified atom stereocenters. The number of rotatable bonds is 3. The van der Waals surface area contributed by atoms with Crippen LogP contribution >= 0.6 is 0 Å². The molecular weight excluding hydrogens is 200 g/mol. The minimum Gasteiger partial charge on any atom is -0.377 e. The second-order valence-corrected chi connectivity index (χ2v) is 2.37. The number of hydrogen-bond donors (Lipinski definition) is 1. The highest BCUT2D eigenvalue weighted by Crippen LogP contribution is 2.21. The first-order valence-electron chi connectivity index (χ1n) is 3.62. The molecule has 0 atom stereocenters. The zero-order chi connectivity index (χ0) is 10.7. The molecule has 0 aliphatic carbocycles. The minimum atomic E-state index is -1.68. The molecule has 76 valence electrons. The average molecular weight is 206 g/mol. The summed E-state index contributed by atoms with van der Waals surface area (Å²) in [5, 5.41) is 2.12. The van der Waals surface area contributed by atoms with Gasteiger partial charge in [-0.15, -0.1) is 6.58 Å². The number of nitrogens with one attached hydrogen (secondary N) is 1. The van der Waals surface area contributed by atoms with Gasteiger partial charge in [-0.25, -0.2) is 0 Å². The van der Waals surface area contributed by atoms with Crippen molar-refractivity contribution in [2.45, 2.75) is 0 Å². The van der Waals surface area contributed by atoms with Crippen LogP contribution in [0, 0.1) is 23.5 Å². The predicted molar refractivity (Wildman–Crippen MR) is 42.8 cm³/mol. The maximum Gasteiger partial charge on any atom is 0.253 e. The Labute approximate surface area is 77.3 Å². The Morgan fingerprint density at radius 1 is 1.14 bits per heavy atom. The fourth-order valence-electron chi connectivity index (χ4n) is 0.816. The van der Waals surface area contributed by atoms with Gasteiger partial charge in [0.15, 0.2) is 0 Å². The van der Waals surface area contributed by atoms with E-state index in [1.165, 1.54) is 6.08 Å². The fraction of sp³-hybridized carbons (Fsp3) is 0.125. The number of nitrogens with zero attached hydrogens (tertiary/aromatic N) is 1. The average Bonchev–Trinajstić information content (AvgIpc) is 2.15. The molecule has 1 aromatic rings. The number of hydrogen-bond acceptors (Lipinski definition) is 2. The molecule has 2 nitrogen and oxygen atoms in total. The van der Waals surface area contributed by atoms with Crippen molar-refractivity contribution >= 4 is 5.69 Å². The highest BCUT2D eigenvalue weighted by atomic mass is 19.2. The SMILES string of the molecule is C=CCNc1c(F)c(F)nc(F)c1F. The molecule has 1 aromatic heterocycles. The van der Waals surface area contributed by atoms with Crippen LogP contribution in [0.1, 0.15) is 0 Å². The van der Waals surface area contributed by atoms with Gasteiger partial charge in [-0.2, -0.15) is 22.5 Å². The second-order valence-electron chi connectivity index (χ2n) is 2.37. The summed E-state index contributed by atoms with van der Waals surface area (Å²) in [5.41, 5.74) is -0.880. The summed E-state index contributed by atoms with van der Waals surface area (Å²) in [6.07, 6.45) is 1.29. The van der Waals surface area contributed by atoms with Crippen LogP contribution in [-0.4, -0.2) is 11.5 Å². The summed E-state index contributed by atoms with van der Waals surface area (Å²) >= 11 is 0. The Bertz CT molecular complexity index is 339. The van der Waals surface area contributed by atoms with Crippen molar-refractivity contribution in [1.29, 1.82) is 0 Å². The second kappa shape index (κ2) is 4.08. The number of halogens is 4. The Hall–Kier alpha value is -1.59. The first kappa shape index (κ1) is 10.5. The molecule has 0 saturated heterocycles. The largest absolute Gasteiger partial charge is 0.377 e. The molecule has 0 spiro atoms. The molecule has 0 bridgehead atoms. The molecule has 0 saturated carbocycles. The molecule has 1 rings (SSSR count). The zero-order valence-corrected chi connectivity index (χ0v) is 6.95. The van der Waals surface area contributed by atoms with Crippen LogP contribution in [-0.2, 0) is 0 Å². The molecule has 0 fully saturated rings.